The molecule has 0 radical (unpaired) electrons. The predicted octanol–water partition coefficient (Wildman–Crippen LogP) is 1.95. The molecule has 0 unspecified atom stereocenters. The molecule has 2 rings (SSSR count). The van der Waals surface area contributed by atoms with Crippen molar-refractivity contribution in [2.45, 2.75) is 63.8 Å². The highest BCUT2D eigenvalue weighted by Gasteiger charge is 2.51. The highest BCUT2D eigenvalue weighted by atomic mass is 16.4. The van der Waals surface area contributed by atoms with Gasteiger partial charge in [0.1, 0.15) is 5.54 Å². The van der Waals surface area contributed by atoms with Crippen molar-refractivity contribution in [1.82, 2.24) is 4.90 Å². The fraction of sp³-hybridized carbons (Fsp3) is 0.786. The lowest BCUT2D eigenvalue weighted by Crippen LogP contribution is -2.61. The number of carboxylic acids is 1. The third-order valence-corrected chi connectivity index (χ3v) is 4.30. The van der Waals surface area contributed by atoms with E-state index in [1.165, 1.54) is 0 Å². The Hall–Kier alpha value is -1.39. The number of nitrogens with zero attached hydrogens (tertiary/aromatic N) is 1. The first kappa shape index (κ1) is 14.0. The summed E-state index contributed by atoms with van der Waals surface area (Å²) in [7, 11) is 0. The SMILES string of the molecule is CC1CC(=O)N(C2(C(=O)O)CCCCCC2)C(=O)C1. The van der Waals surface area contributed by atoms with Crippen molar-refractivity contribution < 1.29 is 19.5 Å². The summed E-state index contributed by atoms with van der Waals surface area (Å²) < 4.78 is 0. The fourth-order valence-electron chi connectivity index (χ4n) is 3.31. The summed E-state index contributed by atoms with van der Waals surface area (Å²) in [5.41, 5.74) is -1.29. The molecule has 0 aromatic rings. The molecule has 2 fully saturated rings. The summed E-state index contributed by atoms with van der Waals surface area (Å²) >= 11 is 0. The number of carbonyl (C=O) groups excluding carboxylic acids is 2. The first-order valence-electron chi connectivity index (χ1n) is 7.06. The number of hydrogen-bond acceptors (Lipinski definition) is 3. The van der Waals surface area contributed by atoms with Crippen molar-refractivity contribution in [3.8, 4) is 0 Å². The molecule has 0 aromatic carbocycles. The van der Waals surface area contributed by atoms with Crippen LogP contribution < -0.4 is 0 Å². The van der Waals surface area contributed by atoms with E-state index in [0.717, 1.165) is 30.6 Å². The molecule has 106 valence electrons. The van der Waals surface area contributed by atoms with Gasteiger partial charge in [0, 0.05) is 12.8 Å². The molecular formula is C14H21NO4. The Morgan fingerprint density at radius 2 is 1.58 bits per heavy atom. The minimum Gasteiger partial charge on any atom is -0.479 e. The van der Waals surface area contributed by atoms with Crippen LogP contribution in [0, 0.1) is 5.92 Å². The average molecular weight is 267 g/mol. The number of hydrogen-bond donors (Lipinski definition) is 1. The molecule has 5 heteroatoms. The second-order valence-electron chi connectivity index (χ2n) is 5.89. The van der Waals surface area contributed by atoms with Crippen LogP contribution in [0.25, 0.3) is 0 Å². The molecule has 1 aliphatic heterocycles. The van der Waals surface area contributed by atoms with E-state index >= 15 is 0 Å². The van der Waals surface area contributed by atoms with Gasteiger partial charge in [-0.3, -0.25) is 14.5 Å². The van der Waals surface area contributed by atoms with Gasteiger partial charge in [-0.1, -0.05) is 32.6 Å². The lowest BCUT2D eigenvalue weighted by atomic mass is 9.84. The Morgan fingerprint density at radius 1 is 1.11 bits per heavy atom. The van der Waals surface area contributed by atoms with E-state index in [-0.39, 0.29) is 30.6 Å². The topological polar surface area (TPSA) is 74.7 Å². The van der Waals surface area contributed by atoms with E-state index in [1.54, 1.807) is 0 Å². The summed E-state index contributed by atoms with van der Waals surface area (Å²) in [4.78, 5) is 37.2. The second-order valence-corrected chi connectivity index (χ2v) is 5.89. The fourth-order valence-corrected chi connectivity index (χ4v) is 3.31. The minimum absolute atomic E-state index is 0.0212. The summed E-state index contributed by atoms with van der Waals surface area (Å²) in [6, 6.07) is 0. The number of carboxylic acid groups (broad SMARTS) is 1. The van der Waals surface area contributed by atoms with E-state index in [9.17, 15) is 19.5 Å². The van der Waals surface area contributed by atoms with Crippen molar-refractivity contribution in [2.75, 3.05) is 0 Å². The van der Waals surface area contributed by atoms with E-state index in [4.69, 9.17) is 0 Å². The molecule has 0 bridgehead atoms. The van der Waals surface area contributed by atoms with Crippen LogP contribution in [-0.4, -0.2) is 33.3 Å². The molecule has 1 aliphatic carbocycles. The van der Waals surface area contributed by atoms with Gasteiger partial charge in [0.25, 0.3) is 0 Å². The van der Waals surface area contributed by atoms with E-state index in [1.807, 2.05) is 6.92 Å². The van der Waals surface area contributed by atoms with Crippen molar-refractivity contribution >= 4 is 17.8 Å². The van der Waals surface area contributed by atoms with Crippen molar-refractivity contribution in [1.29, 1.82) is 0 Å². The molecule has 1 N–H and O–H groups in total. The Balaban J connectivity index is 2.34. The molecule has 19 heavy (non-hydrogen) atoms. The van der Waals surface area contributed by atoms with E-state index in [2.05, 4.69) is 0 Å². The Labute approximate surface area is 113 Å². The smallest absolute Gasteiger partial charge is 0.330 e. The summed E-state index contributed by atoms with van der Waals surface area (Å²) in [6.07, 6.45) is 4.82. The Kier molecular flexibility index (Phi) is 3.92. The number of aliphatic carboxylic acids is 1. The molecule has 2 aliphatic rings. The molecular weight excluding hydrogens is 246 g/mol. The average Bonchev–Trinajstić information content (AvgIpc) is 2.54. The van der Waals surface area contributed by atoms with Crippen LogP contribution in [0.2, 0.25) is 0 Å². The number of amides is 2. The van der Waals surface area contributed by atoms with Gasteiger partial charge >= 0.3 is 5.97 Å². The van der Waals surface area contributed by atoms with Crippen LogP contribution in [0.1, 0.15) is 58.3 Å². The van der Waals surface area contributed by atoms with Crippen molar-refractivity contribution in [3.63, 3.8) is 0 Å². The summed E-state index contributed by atoms with van der Waals surface area (Å²) in [5, 5.41) is 9.62. The maximum atomic E-state index is 12.2. The first-order chi connectivity index (χ1) is 8.97. The maximum absolute atomic E-state index is 12.2. The zero-order valence-electron chi connectivity index (χ0n) is 11.4. The third kappa shape index (κ3) is 2.51. The third-order valence-electron chi connectivity index (χ3n) is 4.30. The number of imide groups is 1. The van der Waals surface area contributed by atoms with Gasteiger partial charge in [-0.05, 0) is 18.8 Å². The molecule has 5 nitrogen and oxygen atoms in total. The summed E-state index contributed by atoms with van der Waals surface area (Å²) in [5.74, 6) is -1.63. The van der Waals surface area contributed by atoms with Gasteiger partial charge < -0.3 is 5.11 Å². The monoisotopic (exact) mass is 267 g/mol. The number of piperidine rings is 1. The van der Waals surface area contributed by atoms with Gasteiger partial charge in [0.15, 0.2) is 0 Å². The highest BCUT2D eigenvalue weighted by molar-refractivity contribution is 6.03. The predicted molar refractivity (Wildman–Crippen MR) is 68.3 cm³/mol. The largest absolute Gasteiger partial charge is 0.479 e. The summed E-state index contributed by atoms with van der Waals surface area (Å²) in [6.45, 7) is 1.85. The van der Waals surface area contributed by atoms with Gasteiger partial charge in [-0.2, -0.15) is 0 Å². The van der Waals surface area contributed by atoms with E-state index in [0.29, 0.717) is 12.8 Å². The van der Waals surface area contributed by atoms with Crippen LogP contribution in [-0.2, 0) is 14.4 Å². The molecule has 2 amide bonds. The quantitative estimate of drug-likeness (QED) is 0.613. The zero-order valence-corrected chi connectivity index (χ0v) is 11.4. The van der Waals surface area contributed by atoms with Gasteiger partial charge in [-0.25, -0.2) is 4.79 Å². The molecule has 0 spiro atoms. The second kappa shape index (κ2) is 5.31. The van der Waals surface area contributed by atoms with Crippen LogP contribution in [0.4, 0.5) is 0 Å². The lowest BCUT2D eigenvalue weighted by Gasteiger charge is -2.41. The van der Waals surface area contributed by atoms with Crippen molar-refractivity contribution in [2.24, 2.45) is 5.92 Å². The standard InChI is InChI=1S/C14H21NO4/c1-10-8-11(16)15(12(17)9-10)14(13(18)19)6-4-2-3-5-7-14/h10H,2-9H2,1H3,(H,18,19). The molecule has 1 heterocycles. The number of rotatable bonds is 2. The van der Waals surface area contributed by atoms with Crippen LogP contribution >= 0.6 is 0 Å². The molecule has 1 saturated heterocycles. The van der Waals surface area contributed by atoms with Crippen LogP contribution in [0.3, 0.4) is 0 Å². The van der Waals surface area contributed by atoms with Gasteiger partial charge in [0.05, 0.1) is 0 Å². The normalized spacial score (nSPS) is 25.2. The Bertz CT molecular complexity index is 378. The number of carbonyl (C=O) groups is 3. The zero-order chi connectivity index (χ0) is 14.0. The van der Waals surface area contributed by atoms with Crippen LogP contribution in [0.15, 0.2) is 0 Å². The first-order valence-corrected chi connectivity index (χ1v) is 7.06. The van der Waals surface area contributed by atoms with Crippen molar-refractivity contribution in [3.05, 3.63) is 0 Å². The number of likely N-dealkylation sites (tertiary alicyclic amines) is 1. The lowest BCUT2D eigenvalue weighted by molar-refractivity contribution is -0.171. The van der Waals surface area contributed by atoms with E-state index < -0.39 is 11.5 Å². The Morgan fingerprint density at radius 3 is 2.00 bits per heavy atom. The molecule has 0 aromatic heterocycles. The molecule has 0 atom stereocenters. The van der Waals surface area contributed by atoms with Crippen LogP contribution in [0.5, 0.6) is 0 Å². The minimum atomic E-state index is -1.29. The maximum Gasteiger partial charge on any atom is 0.330 e. The highest BCUT2D eigenvalue weighted by Crippen LogP contribution is 2.36. The van der Waals surface area contributed by atoms with Gasteiger partial charge in [-0.15, -0.1) is 0 Å². The molecule has 1 saturated carbocycles. The van der Waals surface area contributed by atoms with Gasteiger partial charge in [0.2, 0.25) is 11.8 Å².